The van der Waals surface area contributed by atoms with Crippen LogP contribution in [-0.4, -0.2) is 24.7 Å². The van der Waals surface area contributed by atoms with E-state index in [0.29, 0.717) is 4.75 Å². The van der Waals surface area contributed by atoms with Gasteiger partial charge in [-0.3, -0.25) is 0 Å². The van der Waals surface area contributed by atoms with Crippen molar-refractivity contribution >= 4 is 27.7 Å². The summed E-state index contributed by atoms with van der Waals surface area (Å²) < 4.78 is 6.97. The molecule has 1 aliphatic carbocycles. The SMILES string of the molecule is COc1ccc(Br)cc1CNCC1(SC)CCC1. The van der Waals surface area contributed by atoms with Crippen LogP contribution in [0.25, 0.3) is 0 Å². The van der Waals surface area contributed by atoms with Gasteiger partial charge in [0.1, 0.15) is 5.75 Å². The van der Waals surface area contributed by atoms with Crippen molar-refractivity contribution in [3.63, 3.8) is 0 Å². The van der Waals surface area contributed by atoms with E-state index in [1.54, 1.807) is 7.11 Å². The van der Waals surface area contributed by atoms with E-state index in [1.165, 1.54) is 24.8 Å². The summed E-state index contributed by atoms with van der Waals surface area (Å²) in [5, 5.41) is 3.58. The minimum absolute atomic E-state index is 0.485. The van der Waals surface area contributed by atoms with Gasteiger partial charge in [-0.25, -0.2) is 0 Å². The molecule has 0 heterocycles. The maximum atomic E-state index is 5.38. The van der Waals surface area contributed by atoms with Crippen LogP contribution in [0.3, 0.4) is 0 Å². The molecule has 100 valence electrons. The Bertz CT molecular complexity index is 401. The van der Waals surface area contributed by atoms with Gasteiger partial charge in [-0.2, -0.15) is 11.8 Å². The quantitative estimate of drug-likeness (QED) is 0.856. The van der Waals surface area contributed by atoms with Crippen molar-refractivity contribution in [1.29, 1.82) is 0 Å². The Morgan fingerprint density at radius 2 is 2.22 bits per heavy atom. The Kier molecular flexibility index (Phi) is 4.98. The zero-order valence-electron chi connectivity index (χ0n) is 11.0. The lowest BCUT2D eigenvalue weighted by molar-refractivity contribution is 0.343. The summed E-state index contributed by atoms with van der Waals surface area (Å²) in [5.74, 6) is 0.956. The first kappa shape index (κ1) is 14.2. The van der Waals surface area contributed by atoms with Gasteiger partial charge in [-0.1, -0.05) is 22.4 Å². The molecule has 1 aromatic rings. The molecule has 0 saturated heterocycles. The van der Waals surface area contributed by atoms with Crippen LogP contribution in [0.1, 0.15) is 24.8 Å². The van der Waals surface area contributed by atoms with Gasteiger partial charge in [0.05, 0.1) is 7.11 Å². The van der Waals surface area contributed by atoms with Crippen LogP contribution < -0.4 is 10.1 Å². The zero-order chi connectivity index (χ0) is 13.0. The number of hydrogen-bond acceptors (Lipinski definition) is 3. The molecule has 1 N–H and O–H groups in total. The molecule has 0 amide bonds. The van der Waals surface area contributed by atoms with Gasteiger partial charge in [-0.15, -0.1) is 0 Å². The summed E-state index contributed by atoms with van der Waals surface area (Å²) in [5.41, 5.74) is 1.21. The van der Waals surface area contributed by atoms with Gasteiger partial charge < -0.3 is 10.1 Å². The molecular weight excluding hydrogens is 310 g/mol. The number of halogens is 1. The van der Waals surface area contributed by atoms with Crippen molar-refractivity contribution in [3.05, 3.63) is 28.2 Å². The molecular formula is C14H20BrNOS. The summed E-state index contributed by atoms with van der Waals surface area (Å²) >= 11 is 5.51. The Hall–Kier alpha value is -0.190. The van der Waals surface area contributed by atoms with Gasteiger partial charge in [-0.05, 0) is 37.3 Å². The number of methoxy groups -OCH3 is 1. The first-order valence-electron chi connectivity index (χ1n) is 6.27. The molecule has 1 fully saturated rings. The standard InChI is InChI=1S/C14H20BrNOS/c1-17-13-5-4-12(15)8-11(13)9-16-10-14(18-2)6-3-7-14/h4-5,8,16H,3,6-7,9-10H2,1-2H3. The van der Waals surface area contributed by atoms with Crippen LogP contribution in [-0.2, 0) is 6.54 Å². The molecule has 0 spiro atoms. The number of hydrogen-bond donors (Lipinski definition) is 1. The lowest BCUT2D eigenvalue weighted by Gasteiger charge is -2.40. The minimum atomic E-state index is 0.485. The third-order valence-corrected chi connectivity index (χ3v) is 5.61. The summed E-state index contributed by atoms with van der Waals surface area (Å²) in [6.45, 7) is 1.95. The van der Waals surface area contributed by atoms with Crippen LogP contribution in [0, 0.1) is 0 Å². The molecule has 1 aromatic carbocycles. The van der Waals surface area contributed by atoms with Gasteiger partial charge in [0.2, 0.25) is 0 Å². The fraction of sp³-hybridized carbons (Fsp3) is 0.571. The molecule has 1 saturated carbocycles. The molecule has 0 unspecified atom stereocenters. The molecule has 2 nitrogen and oxygen atoms in total. The highest BCUT2D eigenvalue weighted by atomic mass is 79.9. The molecule has 0 radical (unpaired) electrons. The van der Waals surface area contributed by atoms with Gasteiger partial charge in [0, 0.05) is 27.9 Å². The third kappa shape index (κ3) is 3.22. The second kappa shape index (κ2) is 6.31. The Morgan fingerprint density at radius 1 is 1.44 bits per heavy atom. The predicted molar refractivity (Wildman–Crippen MR) is 82.5 cm³/mol. The van der Waals surface area contributed by atoms with E-state index in [4.69, 9.17) is 4.74 Å². The van der Waals surface area contributed by atoms with E-state index in [1.807, 2.05) is 23.9 Å². The molecule has 18 heavy (non-hydrogen) atoms. The number of thioether (sulfide) groups is 1. The average molecular weight is 330 g/mol. The van der Waals surface area contributed by atoms with E-state index < -0.39 is 0 Å². The fourth-order valence-corrected chi connectivity index (χ4v) is 3.69. The molecule has 0 bridgehead atoms. The molecule has 0 aromatic heterocycles. The van der Waals surface area contributed by atoms with Crippen LogP contribution >= 0.6 is 27.7 Å². The monoisotopic (exact) mass is 329 g/mol. The maximum absolute atomic E-state index is 5.38. The third-order valence-electron chi connectivity index (χ3n) is 3.70. The number of ether oxygens (including phenoxy) is 1. The minimum Gasteiger partial charge on any atom is -0.496 e. The van der Waals surface area contributed by atoms with Crippen molar-refractivity contribution in [1.82, 2.24) is 5.32 Å². The first-order chi connectivity index (χ1) is 8.69. The second-order valence-corrected chi connectivity index (χ2v) is 6.99. The number of benzene rings is 1. The van der Waals surface area contributed by atoms with E-state index >= 15 is 0 Å². The highest BCUT2D eigenvalue weighted by Crippen LogP contribution is 2.42. The van der Waals surface area contributed by atoms with Crippen molar-refractivity contribution in [2.45, 2.75) is 30.6 Å². The highest BCUT2D eigenvalue weighted by molar-refractivity contribution is 9.10. The fourth-order valence-electron chi connectivity index (χ4n) is 2.33. The van der Waals surface area contributed by atoms with E-state index in [0.717, 1.165) is 23.3 Å². The van der Waals surface area contributed by atoms with E-state index in [9.17, 15) is 0 Å². The normalized spacial score (nSPS) is 17.3. The molecule has 1 aliphatic rings. The summed E-state index contributed by atoms with van der Waals surface area (Å²) in [6, 6.07) is 6.14. The largest absolute Gasteiger partial charge is 0.496 e. The number of nitrogens with one attached hydrogen (secondary N) is 1. The number of rotatable bonds is 6. The molecule has 0 aliphatic heterocycles. The van der Waals surface area contributed by atoms with Crippen LogP contribution in [0.15, 0.2) is 22.7 Å². The van der Waals surface area contributed by atoms with Crippen molar-refractivity contribution in [2.75, 3.05) is 19.9 Å². The van der Waals surface area contributed by atoms with Crippen LogP contribution in [0.4, 0.5) is 0 Å². The highest BCUT2D eigenvalue weighted by Gasteiger charge is 2.35. The second-order valence-electron chi connectivity index (χ2n) is 4.80. The molecule has 0 atom stereocenters. The average Bonchev–Trinajstić information content (AvgIpc) is 2.33. The lowest BCUT2D eigenvalue weighted by atomic mass is 9.84. The summed E-state index contributed by atoms with van der Waals surface area (Å²) in [4.78, 5) is 0. The Morgan fingerprint density at radius 3 is 2.78 bits per heavy atom. The van der Waals surface area contributed by atoms with Gasteiger partial charge >= 0.3 is 0 Å². The first-order valence-corrected chi connectivity index (χ1v) is 8.29. The predicted octanol–water partition coefficient (Wildman–Crippen LogP) is 3.83. The van der Waals surface area contributed by atoms with Gasteiger partial charge in [0.15, 0.2) is 0 Å². The van der Waals surface area contributed by atoms with Crippen molar-refractivity contribution < 1.29 is 4.74 Å². The smallest absolute Gasteiger partial charge is 0.123 e. The summed E-state index contributed by atoms with van der Waals surface area (Å²) in [7, 11) is 1.72. The van der Waals surface area contributed by atoms with E-state index in [2.05, 4.69) is 33.6 Å². The Labute approximate surface area is 122 Å². The molecule has 4 heteroatoms. The lowest BCUT2D eigenvalue weighted by Crippen LogP contribution is -2.43. The topological polar surface area (TPSA) is 21.3 Å². The molecule has 2 rings (SSSR count). The van der Waals surface area contributed by atoms with Crippen molar-refractivity contribution in [2.24, 2.45) is 0 Å². The summed E-state index contributed by atoms with van der Waals surface area (Å²) in [6.07, 6.45) is 6.29. The van der Waals surface area contributed by atoms with Gasteiger partial charge in [0.25, 0.3) is 0 Å². The van der Waals surface area contributed by atoms with Crippen LogP contribution in [0.5, 0.6) is 5.75 Å². The van der Waals surface area contributed by atoms with Crippen molar-refractivity contribution in [3.8, 4) is 5.75 Å². The van der Waals surface area contributed by atoms with Crippen LogP contribution in [0.2, 0.25) is 0 Å². The maximum Gasteiger partial charge on any atom is 0.123 e. The van der Waals surface area contributed by atoms with E-state index in [-0.39, 0.29) is 0 Å². The Balaban J connectivity index is 1.91. The zero-order valence-corrected chi connectivity index (χ0v) is 13.4.